The van der Waals surface area contributed by atoms with E-state index in [1.165, 1.54) is 4.57 Å². The molecule has 0 bridgehead atoms. The zero-order chi connectivity index (χ0) is 14.7. The van der Waals surface area contributed by atoms with Crippen LogP contribution in [0.25, 0.3) is 0 Å². The van der Waals surface area contributed by atoms with Gasteiger partial charge in [-0.25, -0.2) is 4.79 Å². The van der Waals surface area contributed by atoms with E-state index in [1.54, 1.807) is 6.20 Å². The van der Waals surface area contributed by atoms with Crippen LogP contribution in [0, 0.1) is 6.92 Å². The Kier molecular flexibility index (Phi) is 4.45. The molecule has 106 valence electrons. The molecule has 0 unspecified atom stereocenters. The van der Waals surface area contributed by atoms with Gasteiger partial charge in [0.25, 0.3) is 5.56 Å². The molecule has 1 aromatic carbocycles. The summed E-state index contributed by atoms with van der Waals surface area (Å²) in [7, 11) is 0. The fourth-order valence-electron chi connectivity index (χ4n) is 2.15. The van der Waals surface area contributed by atoms with Crippen molar-refractivity contribution < 1.29 is 0 Å². The maximum atomic E-state index is 12.1. The second-order valence-electron chi connectivity index (χ2n) is 4.83. The topological polar surface area (TPSA) is 44.0 Å². The van der Waals surface area contributed by atoms with Crippen molar-refractivity contribution in [3.05, 3.63) is 68.0 Å². The van der Waals surface area contributed by atoms with Gasteiger partial charge in [0.1, 0.15) is 0 Å². The van der Waals surface area contributed by atoms with Crippen LogP contribution in [0.15, 0.2) is 40.1 Å². The van der Waals surface area contributed by atoms with Crippen LogP contribution in [-0.2, 0) is 13.0 Å². The lowest BCUT2D eigenvalue weighted by Gasteiger charge is -2.11. The molecular formula is C15H17ClN2O2. The van der Waals surface area contributed by atoms with Crippen LogP contribution < -0.4 is 11.2 Å². The number of rotatable bonds is 4. The molecule has 0 aliphatic rings. The van der Waals surface area contributed by atoms with E-state index in [9.17, 15) is 9.59 Å². The van der Waals surface area contributed by atoms with Gasteiger partial charge in [0.2, 0.25) is 0 Å². The Morgan fingerprint density at radius 3 is 2.50 bits per heavy atom. The Morgan fingerprint density at radius 2 is 1.85 bits per heavy atom. The van der Waals surface area contributed by atoms with E-state index in [0.29, 0.717) is 22.6 Å². The number of hydrogen-bond acceptors (Lipinski definition) is 2. The average Bonchev–Trinajstić information content (AvgIpc) is 2.44. The van der Waals surface area contributed by atoms with Crippen LogP contribution in [0.2, 0.25) is 0 Å². The highest BCUT2D eigenvalue weighted by atomic mass is 35.5. The van der Waals surface area contributed by atoms with Crippen LogP contribution in [0.5, 0.6) is 0 Å². The highest BCUT2D eigenvalue weighted by molar-refractivity contribution is 6.15. The maximum absolute atomic E-state index is 12.1. The number of nitrogens with zero attached hydrogens (tertiary/aromatic N) is 2. The smallest absolute Gasteiger partial charge is 0.295 e. The molecule has 0 saturated carbocycles. The first-order chi connectivity index (χ1) is 9.54. The number of aryl methyl sites for hydroxylation is 2. The summed E-state index contributed by atoms with van der Waals surface area (Å²) in [6.45, 7) is 4.38. The molecule has 0 N–H and O–H groups in total. The van der Waals surface area contributed by atoms with Crippen molar-refractivity contribution in [2.24, 2.45) is 0 Å². The Hall–Kier alpha value is -1.81. The van der Waals surface area contributed by atoms with Gasteiger partial charge in [-0.15, -0.1) is 0 Å². The standard InChI is InChI=1S/C15H17ClN2O2/c1-3-6-13-10-17(15(20)18(16)14(13)19)9-12-8-5-4-7-11(12)2/h4-5,7-8,10H,3,6,9H2,1-2H3. The zero-order valence-electron chi connectivity index (χ0n) is 11.6. The summed E-state index contributed by atoms with van der Waals surface area (Å²) >= 11 is 5.80. The third-order valence-electron chi connectivity index (χ3n) is 3.30. The molecule has 1 aromatic heterocycles. The third-order valence-corrected chi connectivity index (χ3v) is 3.60. The Balaban J connectivity index is 2.50. The number of aromatic nitrogens is 2. The van der Waals surface area contributed by atoms with Crippen molar-refractivity contribution in [2.45, 2.75) is 33.2 Å². The van der Waals surface area contributed by atoms with Gasteiger partial charge in [0, 0.05) is 23.5 Å². The SMILES string of the molecule is CCCc1cn(Cc2ccccc2C)c(=O)n(Cl)c1=O. The summed E-state index contributed by atoms with van der Waals surface area (Å²) in [5, 5.41) is 0. The van der Waals surface area contributed by atoms with Crippen LogP contribution in [-0.4, -0.2) is 8.65 Å². The lowest BCUT2D eigenvalue weighted by molar-refractivity contribution is 0.683. The minimum absolute atomic E-state index is 0.412. The van der Waals surface area contributed by atoms with E-state index in [2.05, 4.69) is 0 Å². The first-order valence-corrected chi connectivity index (χ1v) is 6.94. The van der Waals surface area contributed by atoms with E-state index in [-0.39, 0.29) is 0 Å². The summed E-state index contributed by atoms with van der Waals surface area (Å²) < 4.78 is 2.16. The van der Waals surface area contributed by atoms with Gasteiger partial charge in [-0.05, 0) is 24.5 Å². The summed E-state index contributed by atoms with van der Waals surface area (Å²) in [5.74, 6) is 0. The summed E-state index contributed by atoms with van der Waals surface area (Å²) in [5.41, 5.74) is 1.78. The molecule has 5 heteroatoms. The number of benzene rings is 1. The lowest BCUT2D eigenvalue weighted by Crippen LogP contribution is -2.37. The Bertz CT molecular complexity index is 731. The van der Waals surface area contributed by atoms with Gasteiger partial charge < -0.3 is 0 Å². The van der Waals surface area contributed by atoms with Gasteiger partial charge in [-0.3, -0.25) is 9.36 Å². The van der Waals surface area contributed by atoms with E-state index in [0.717, 1.165) is 17.5 Å². The summed E-state index contributed by atoms with van der Waals surface area (Å²) in [4.78, 5) is 23.9. The molecular weight excluding hydrogens is 276 g/mol. The van der Waals surface area contributed by atoms with Crippen LogP contribution in [0.4, 0.5) is 0 Å². The van der Waals surface area contributed by atoms with Gasteiger partial charge >= 0.3 is 5.69 Å². The van der Waals surface area contributed by atoms with Crippen molar-refractivity contribution in [3.8, 4) is 0 Å². The second-order valence-corrected chi connectivity index (χ2v) is 5.17. The second kappa shape index (κ2) is 6.09. The van der Waals surface area contributed by atoms with Gasteiger partial charge in [-0.1, -0.05) is 37.6 Å². The van der Waals surface area contributed by atoms with Gasteiger partial charge in [0.05, 0.1) is 6.54 Å². The van der Waals surface area contributed by atoms with Crippen LogP contribution in [0.1, 0.15) is 30.0 Å². The Labute approximate surface area is 122 Å². The quantitative estimate of drug-likeness (QED) is 0.868. The Morgan fingerprint density at radius 1 is 1.15 bits per heavy atom. The van der Waals surface area contributed by atoms with E-state index in [4.69, 9.17) is 11.8 Å². The average molecular weight is 293 g/mol. The monoisotopic (exact) mass is 292 g/mol. The molecule has 2 rings (SSSR count). The molecule has 0 saturated heterocycles. The number of hydrogen-bond donors (Lipinski definition) is 0. The summed E-state index contributed by atoms with van der Waals surface area (Å²) in [6, 6.07) is 7.83. The summed E-state index contributed by atoms with van der Waals surface area (Å²) in [6.07, 6.45) is 3.06. The molecule has 20 heavy (non-hydrogen) atoms. The zero-order valence-corrected chi connectivity index (χ0v) is 12.4. The van der Waals surface area contributed by atoms with Crippen molar-refractivity contribution in [1.82, 2.24) is 8.65 Å². The highest BCUT2D eigenvalue weighted by Gasteiger charge is 2.10. The molecule has 2 aromatic rings. The van der Waals surface area contributed by atoms with Gasteiger partial charge in [0.15, 0.2) is 0 Å². The van der Waals surface area contributed by atoms with Crippen LogP contribution in [0.3, 0.4) is 0 Å². The molecule has 4 nitrogen and oxygen atoms in total. The molecule has 0 aliphatic carbocycles. The van der Waals surface area contributed by atoms with E-state index < -0.39 is 11.2 Å². The fourth-order valence-corrected chi connectivity index (χ4v) is 2.36. The molecule has 0 radical (unpaired) electrons. The third kappa shape index (κ3) is 2.85. The minimum Gasteiger partial charge on any atom is -0.295 e. The molecule has 0 aliphatic heterocycles. The van der Waals surface area contributed by atoms with E-state index >= 15 is 0 Å². The van der Waals surface area contributed by atoms with Crippen LogP contribution >= 0.6 is 11.8 Å². The van der Waals surface area contributed by atoms with E-state index in [1.807, 2.05) is 38.1 Å². The molecule has 0 fully saturated rings. The lowest BCUT2D eigenvalue weighted by atomic mass is 10.1. The molecule has 0 atom stereocenters. The fraction of sp³-hybridized carbons (Fsp3) is 0.333. The largest absolute Gasteiger partial charge is 0.346 e. The molecule has 0 spiro atoms. The predicted molar refractivity (Wildman–Crippen MR) is 80.5 cm³/mol. The number of halogens is 1. The molecule has 1 heterocycles. The predicted octanol–water partition coefficient (Wildman–Crippen LogP) is 2.32. The highest BCUT2D eigenvalue weighted by Crippen LogP contribution is 2.08. The first-order valence-electron chi connectivity index (χ1n) is 6.60. The first kappa shape index (κ1) is 14.6. The normalized spacial score (nSPS) is 10.8. The van der Waals surface area contributed by atoms with Crippen molar-refractivity contribution in [2.75, 3.05) is 0 Å². The van der Waals surface area contributed by atoms with Crippen molar-refractivity contribution in [3.63, 3.8) is 0 Å². The molecule has 0 amide bonds. The maximum Gasteiger partial charge on any atom is 0.346 e. The van der Waals surface area contributed by atoms with Crippen molar-refractivity contribution in [1.29, 1.82) is 0 Å². The minimum atomic E-state index is -0.500. The van der Waals surface area contributed by atoms with Crippen molar-refractivity contribution >= 4 is 11.8 Å². The van der Waals surface area contributed by atoms with Gasteiger partial charge in [-0.2, -0.15) is 4.09 Å².